The van der Waals surface area contributed by atoms with E-state index in [9.17, 15) is 13.2 Å². The maximum atomic E-state index is 12.0. The minimum Gasteiger partial charge on any atom is -0.492 e. The third-order valence-electron chi connectivity index (χ3n) is 3.05. The van der Waals surface area contributed by atoms with Crippen LogP contribution in [0.1, 0.15) is 13.3 Å². The Morgan fingerprint density at radius 2 is 2.16 bits per heavy atom. The van der Waals surface area contributed by atoms with Gasteiger partial charge in [0.1, 0.15) is 5.75 Å². The van der Waals surface area contributed by atoms with Crippen molar-refractivity contribution in [2.24, 2.45) is 5.92 Å². The van der Waals surface area contributed by atoms with Crippen LogP contribution in [0.2, 0.25) is 0 Å². The van der Waals surface area contributed by atoms with Gasteiger partial charge in [0.2, 0.25) is 5.91 Å². The second kappa shape index (κ2) is 5.61. The van der Waals surface area contributed by atoms with E-state index in [2.05, 4.69) is 5.32 Å². The highest BCUT2D eigenvalue weighted by molar-refractivity contribution is 7.91. The minimum atomic E-state index is -3.05. The molecule has 1 aliphatic heterocycles. The molecule has 2 rings (SSSR count). The van der Waals surface area contributed by atoms with Gasteiger partial charge in [-0.3, -0.25) is 4.79 Å². The van der Waals surface area contributed by atoms with E-state index in [1.54, 1.807) is 18.2 Å². The summed E-state index contributed by atoms with van der Waals surface area (Å²) >= 11 is 0. The standard InChI is InChI=1S/C13H17NO4S/c1-2-18-12-6-4-3-5-11(12)14-13(15)10-7-8-19(16,17)9-10/h3-6,10H,2,7-9H2,1H3,(H,14,15). The molecular formula is C13H17NO4S. The molecule has 0 saturated carbocycles. The van der Waals surface area contributed by atoms with E-state index in [0.717, 1.165) is 0 Å². The van der Waals surface area contributed by atoms with Gasteiger partial charge < -0.3 is 10.1 Å². The molecule has 19 heavy (non-hydrogen) atoms. The molecule has 1 atom stereocenters. The Morgan fingerprint density at radius 3 is 2.79 bits per heavy atom. The van der Waals surface area contributed by atoms with Gasteiger partial charge >= 0.3 is 0 Å². The molecule has 0 aromatic heterocycles. The molecule has 1 amide bonds. The summed E-state index contributed by atoms with van der Waals surface area (Å²) in [6.45, 7) is 2.37. The molecule has 1 heterocycles. The zero-order valence-corrected chi connectivity index (χ0v) is 11.6. The average Bonchev–Trinajstić information content (AvgIpc) is 2.73. The number of carbonyl (C=O) groups excluding carboxylic acids is 1. The Balaban J connectivity index is 2.07. The molecule has 1 unspecified atom stereocenters. The van der Waals surface area contributed by atoms with Crippen molar-refractivity contribution in [3.63, 3.8) is 0 Å². The monoisotopic (exact) mass is 283 g/mol. The molecule has 0 aliphatic carbocycles. The van der Waals surface area contributed by atoms with Gasteiger partial charge in [-0.2, -0.15) is 0 Å². The Hall–Kier alpha value is -1.56. The normalized spacial score (nSPS) is 21.0. The van der Waals surface area contributed by atoms with Crippen LogP contribution in [0, 0.1) is 5.92 Å². The number of anilines is 1. The number of benzene rings is 1. The number of carbonyl (C=O) groups is 1. The average molecular weight is 283 g/mol. The van der Waals surface area contributed by atoms with E-state index in [-0.39, 0.29) is 17.4 Å². The Morgan fingerprint density at radius 1 is 1.42 bits per heavy atom. The van der Waals surface area contributed by atoms with Crippen LogP contribution >= 0.6 is 0 Å². The van der Waals surface area contributed by atoms with Crippen LogP contribution in [0.4, 0.5) is 5.69 Å². The molecule has 0 spiro atoms. The molecule has 1 saturated heterocycles. The molecule has 6 heteroatoms. The highest BCUT2D eigenvalue weighted by Gasteiger charge is 2.33. The first-order valence-corrected chi connectivity index (χ1v) is 8.07. The van der Waals surface area contributed by atoms with Crippen molar-refractivity contribution >= 4 is 21.4 Å². The summed E-state index contributed by atoms with van der Waals surface area (Å²) in [5.41, 5.74) is 0.582. The molecule has 1 aromatic rings. The van der Waals surface area contributed by atoms with Gasteiger partial charge in [0.15, 0.2) is 9.84 Å². The van der Waals surface area contributed by atoms with E-state index >= 15 is 0 Å². The quantitative estimate of drug-likeness (QED) is 0.908. The molecule has 104 valence electrons. The van der Waals surface area contributed by atoms with Crippen LogP contribution in [-0.2, 0) is 14.6 Å². The lowest BCUT2D eigenvalue weighted by molar-refractivity contribution is -0.119. The van der Waals surface area contributed by atoms with E-state index in [4.69, 9.17) is 4.74 Å². The third-order valence-corrected chi connectivity index (χ3v) is 4.82. The number of ether oxygens (including phenoxy) is 1. The Bertz CT molecular complexity index is 568. The first-order chi connectivity index (χ1) is 9.02. The first kappa shape index (κ1) is 13.9. The number of nitrogens with one attached hydrogen (secondary N) is 1. The van der Waals surface area contributed by atoms with Crippen molar-refractivity contribution < 1.29 is 17.9 Å². The fourth-order valence-corrected chi connectivity index (χ4v) is 3.83. The molecule has 0 radical (unpaired) electrons. The number of sulfone groups is 1. The summed E-state index contributed by atoms with van der Waals surface area (Å²) in [6, 6.07) is 7.13. The van der Waals surface area contributed by atoms with Crippen LogP contribution < -0.4 is 10.1 Å². The summed E-state index contributed by atoms with van der Waals surface area (Å²) in [5, 5.41) is 2.75. The minimum absolute atomic E-state index is 0.0599. The fraction of sp³-hybridized carbons (Fsp3) is 0.462. The smallest absolute Gasteiger partial charge is 0.228 e. The van der Waals surface area contributed by atoms with Gasteiger partial charge in [0.25, 0.3) is 0 Å². The zero-order chi connectivity index (χ0) is 13.9. The number of amides is 1. The summed E-state index contributed by atoms with van der Waals surface area (Å²) in [5.74, 6) is -0.0829. The third kappa shape index (κ3) is 3.47. The van der Waals surface area contributed by atoms with Crippen molar-refractivity contribution in [1.29, 1.82) is 0 Å². The van der Waals surface area contributed by atoms with E-state index in [1.165, 1.54) is 0 Å². The van der Waals surface area contributed by atoms with Crippen LogP contribution in [0.15, 0.2) is 24.3 Å². The molecule has 1 aromatic carbocycles. The van der Waals surface area contributed by atoms with Crippen molar-refractivity contribution in [3.05, 3.63) is 24.3 Å². The van der Waals surface area contributed by atoms with Gasteiger partial charge in [0.05, 0.1) is 29.7 Å². The highest BCUT2D eigenvalue weighted by Crippen LogP contribution is 2.26. The maximum absolute atomic E-state index is 12.0. The number of rotatable bonds is 4. The lowest BCUT2D eigenvalue weighted by Crippen LogP contribution is -2.24. The highest BCUT2D eigenvalue weighted by atomic mass is 32.2. The van der Waals surface area contributed by atoms with Crippen molar-refractivity contribution in [1.82, 2.24) is 0 Å². The molecule has 1 N–H and O–H groups in total. The van der Waals surface area contributed by atoms with Crippen LogP contribution in [0.25, 0.3) is 0 Å². The molecular weight excluding hydrogens is 266 g/mol. The molecule has 1 aliphatic rings. The summed E-state index contributed by atoms with van der Waals surface area (Å²) in [6.07, 6.45) is 0.394. The Kier molecular flexibility index (Phi) is 4.09. The van der Waals surface area contributed by atoms with E-state index in [0.29, 0.717) is 24.5 Å². The van der Waals surface area contributed by atoms with Crippen molar-refractivity contribution in [2.45, 2.75) is 13.3 Å². The topological polar surface area (TPSA) is 72.5 Å². The van der Waals surface area contributed by atoms with Gasteiger partial charge in [-0.15, -0.1) is 0 Å². The lowest BCUT2D eigenvalue weighted by Gasteiger charge is -2.13. The maximum Gasteiger partial charge on any atom is 0.228 e. The summed E-state index contributed by atoms with van der Waals surface area (Å²) < 4.78 is 28.1. The predicted molar refractivity (Wildman–Crippen MR) is 73.0 cm³/mol. The second-order valence-electron chi connectivity index (χ2n) is 4.52. The van der Waals surface area contributed by atoms with Crippen molar-refractivity contribution in [3.8, 4) is 5.75 Å². The van der Waals surface area contributed by atoms with Crippen LogP contribution in [-0.4, -0.2) is 32.4 Å². The SMILES string of the molecule is CCOc1ccccc1NC(=O)C1CCS(=O)(=O)C1. The lowest BCUT2D eigenvalue weighted by atomic mass is 10.1. The first-order valence-electron chi connectivity index (χ1n) is 6.25. The summed E-state index contributed by atoms with van der Waals surface area (Å²) in [4.78, 5) is 12.0. The second-order valence-corrected chi connectivity index (χ2v) is 6.75. The van der Waals surface area contributed by atoms with Gasteiger partial charge in [-0.1, -0.05) is 12.1 Å². The van der Waals surface area contributed by atoms with Gasteiger partial charge in [-0.25, -0.2) is 8.42 Å². The van der Waals surface area contributed by atoms with Crippen LogP contribution in [0.5, 0.6) is 5.75 Å². The number of hydrogen-bond acceptors (Lipinski definition) is 4. The van der Waals surface area contributed by atoms with E-state index in [1.807, 2.05) is 13.0 Å². The van der Waals surface area contributed by atoms with Gasteiger partial charge in [0, 0.05) is 0 Å². The predicted octanol–water partition coefficient (Wildman–Crippen LogP) is 1.46. The van der Waals surface area contributed by atoms with Gasteiger partial charge in [-0.05, 0) is 25.5 Å². The number of para-hydroxylation sites is 2. The molecule has 1 fully saturated rings. The van der Waals surface area contributed by atoms with Crippen molar-refractivity contribution in [2.75, 3.05) is 23.4 Å². The molecule has 0 bridgehead atoms. The molecule has 5 nitrogen and oxygen atoms in total. The Labute approximate surface area is 112 Å². The fourth-order valence-electron chi connectivity index (χ4n) is 2.09. The summed E-state index contributed by atoms with van der Waals surface area (Å²) in [7, 11) is -3.05. The zero-order valence-electron chi connectivity index (χ0n) is 10.8. The largest absolute Gasteiger partial charge is 0.492 e. The van der Waals surface area contributed by atoms with Crippen LogP contribution in [0.3, 0.4) is 0 Å². The number of hydrogen-bond donors (Lipinski definition) is 1. The van der Waals surface area contributed by atoms with E-state index < -0.39 is 15.8 Å².